The molecule has 0 spiro atoms. The average molecular weight is 271 g/mol. The van der Waals surface area contributed by atoms with Crippen LogP contribution < -0.4 is 10.1 Å². The van der Waals surface area contributed by atoms with Crippen LogP contribution in [0.15, 0.2) is 24.3 Å². The van der Waals surface area contributed by atoms with Crippen LogP contribution in [-0.2, 0) is 9.59 Å². The number of carbonyl (C=O) groups is 2. The molecule has 104 valence electrons. The molecule has 6 nitrogen and oxygen atoms in total. The number of aliphatic hydroxyl groups excluding tert-OH is 1. The summed E-state index contributed by atoms with van der Waals surface area (Å²) in [6, 6.07) is 3.96. The van der Waals surface area contributed by atoms with E-state index in [0.29, 0.717) is 5.75 Å². The van der Waals surface area contributed by atoms with Gasteiger partial charge >= 0.3 is 5.97 Å². The maximum atomic E-state index is 12.6. The Labute approximate surface area is 108 Å². The molecule has 3 N–H and O–H groups in total. The van der Waals surface area contributed by atoms with Gasteiger partial charge in [-0.3, -0.25) is 4.79 Å². The molecular formula is C12H14FNO5. The summed E-state index contributed by atoms with van der Waals surface area (Å²) in [5.74, 6) is -1.85. The van der Waals surface area contributed by atoms with Crippen molar-refractivity contribution in [1.82, 2.24) is 5.32 Å². The topological polar surface area (TPSA) is 95.9 Å². The summed E-state index contributed by atoms with van der Waals surface area (Å²) in [5.41, 5.74) is 0. The third kappa shape index (κ3) is 5.35. The number of carboxylic acid groups (broad SMARTS) is 1. The Morgan fingerprint density at radius 3 is 2.47 bits per heavy atom. The molecule has 1 rings (SSSR count). The largest absolute Gasteiger partial charge is 0.493 e. The fraction of sp³-hybridized carbons (Fsp3) is 0.333. The zero-order chi connectivity index (χ0) is 14.3. The predicted octanol–water partition coefficient (Wildman–Crippen LogP) is 0.156. The normalized spacial score (nSPS) is 11.7. The summed E-state index contributed by atoms with van der Waals surface area (Å²) in [6.07, 6.45) is -0.0683. The number of hydrogen-bond donors (Lipinski definition) is 3. The molecule has 19 heavy (non-hydrogen) atoms. The Kier molecular flexibility index (Phi) is 5.74. The van der Waals surface area contributed by atoms with Crippen molar-refractivity contribution in [3.05, 3.63) is 30.1 Å². The van der Waals surface area contributed by atoms with E-state index in [-0.39, 0.29) is 13.0 Å². The molecule has 0 heterocycles. The standard InChI is InChI=1S/C12H14FNO5/c13-8-1-3-9(4-2-8)19-6-5-11(16)14-10(7-15)12(17)18/h1-4,10,15H,5-7H2,(H,14,16)(H,17,18)/t10-/m1/s1. The molecule has 0 bridgehead atoms. The Hall–Kier alpha value is -2.15. The molecule has 0 saturated heterocycles. The molecule has 0 radical (unpaired) electrons. The van der Waals surface area contributed by atoms with E-state index in [4.69, 9.17) is 14.9 Å². The van der Waals surface area contributed by atoms with Crippen molar-refractivity contribution in [2.24, 2.45) is 0 Å². The van der Waals surface area contributed by atoms with Crippen molar-refractivity contribution in [3.63, 3.8) is 0 Å². The molecule has 0 aliphatic carbocycles. The van der Waals surface area contributed by atoms with Crippen LogP contribution >= 0.6 is 0 Å². The number of hydrogen-bond acceptors (Lipinski definition) is 4. The average Bonchev–Trinajstić information content (AvgIpc) is 2.38. The van der Waals surface area contributed by atoms with E-state index in [9.17, 15) is 14.0 Å². The lowest BCUT2D eigenvalue weighted by atomic mass is 10.3. The maximum Gasteiger partial charge on any atom is 0.328 e. The monoisotopic (exact) mass is 271 g/mol. The molecule has 1 aromatic rings. The zero-order valence-electron chi connectivity index (χ0n) is 10.0. The van der Waals surface area contributed by atoms with Gasteiger partial charge in [0.2, 0.25) is 5.91 Å². The number of halogens is 1. The summed E-state index contributed by atoms with van der Waals surface area (Å²) in [6.45, 7) is -0.658. The van der Waals surface area contributed by atoms with Gasteiger partial charge in [0.25, 0.3) is 0 Å². The first-order chi connectivity index (χ1) is 9.02. The molecule has 0 saturated carbocycles. The Bertz CT molecular complexity index is 434. The smallest absolute Gasteiger partial charge is 0.328 e. The third-order valence-electron chi connectivity index (χ3n) is 2.23. The van der Waals surface area contributed by atoms with Gasteiger partial charge in [-0.25, -0.2) is 9.18 Å². The lowest BCUT2D eigenvalue weighted by Gasteiger charge is -2.11. The van der Waals surface area contributed by atoms with Gasteiger partial charge in [0.05, 0.1) is 19.6 Å². The highest BCUT2D eigenvalue weighted by molar-refractivity contribution is 5.83. The van der Waals surface area contributed by atoms with Crippen molar-refractivity contribution >= 4 is 11.9 Å². The molecule has 7 heteroatoms. The maximum absolute atomic E-state index is 12.6. The molecular weight excluding hydrogens is 257 g/mol. The van der Waals surface area contributed by atoms with Crippen LogP contribution in [0.2, 0.25) is 0 Å². The molecule has 1 amide bonds. The first kappa shape index (κ1) is 14.9. The minimum Gasteiger partial charge on any atom is -0.493 e. The van der Waals surface area contributed by atoms with E-state index in [0.717, 1.165) is 0 Å². The van der Waals surface area contributed by atoms with Gasteiger partial charge in [-0.2, -0.15) is 0 Å². The van der Waals surface area contributed by atoms with E-state index in [1.807, 2.05) is 0 Å². The van der Waals surface area contributed by atoms with Crippen molar-refractivity contribution in [3.8, 4) is 5.75 Å². The second kappa shape index (κ2) is 7.32. The number of aliphatic carboxylic acids is 1. The summed E-state index contributed by atoms with van der Waals surface area (Å²) in [4.78, 5) is 21.9. The summed E-state index contributed by atoms with van der Waals surface area (Å²) in [7, 11) is 0. The SMILES string of the molecule is O=C(CCOc1ccc(F)cc1)N[C@H](CO)C(=O)O. The summed E-state index contributed by atoms with van der Waals surface area (Å²) < 4.78 is 17.8. The number of rotatable bonds is 7. The number of carbonyl (C=O) groups excluding carboxylic acids is 1. The molecule has 1 atom stereocenters. The van der Waals surface area contributed by atoms with E-state index < -0.39 is 30.3 Å². The minimum absolute atomic E-state index is 0.0230. The van der Waals surface area contributed by atoms with Crippen molar-refractivity contribution < 1.29 is 28.9 Å². The van der Waals surface area contributed by atoms with Crippen LogP contribution in [0, 0.1) is 5.82 Å². The molecule has 1 aromatic carbocycles. The van der Waals surface area contributed by atoms with Crippen molar-refractivity contribution in [2.75, 3.05) is 13.2 Å². The quantitative estimate of drug-likeness (QED) is 0.656. The van der Waals surface area contributed by atoms with Crippen LogP contribution in [-0.4, -0.2) is 41.3 Å². The second-order valence-corrected chi connectivity index (χ2v) is 3.69. The van der Waals surface area contributed by atoms with Gasteiger partial charge in [-0.1, -0.05) is 0 Å². The van der Waals surface area contributed by atoms with E-state index in [1.165, 1.54) is 24.3 Å². The van der Waals surface area contributed by atoms with Crippen LogP contribution in [0.3, 0.4) is 0 Å². The van der Waals surface area contributed by atoms with Gasteiger partial charge in [0.1, 0.15) is 17.6 Å². The van der Waals surface area contributed by atoms with Crippen molar-refractivity contribution in [2.45, 2.75) is 12.5 Å². The number of benzene rings is 1. The summed E-state index contributed by atoms with van der Waals surface area (Å²) in [5, 5.41) is 19.5. The van der Waals surface area contributed by atoms with Crippen LogP contribution in [0.4, 0.5) is 4.39 Å². The molecule has 0 unspecified atom stereocenters. The molecule has 0 aromatic heterocycles. The zero-order valence-corrected chi connectivity index (χ0v) is 10.0. The van der Waals surface area contributed by atoms with E-state index in [2.05, 4.69) is 5.32 Å². The first-order valence-corrected chi connectivity index (χ1v) is 5.54. The number of ether oxygens (including phenoxy) is 1. The van der Waals surface area contributed by atoms with Crippen molar-refractivity contribution in [1.29, 1.82) is 0 Å². The lowest BCUT2D eigenvalue weighted by molar-refractivity contribution is -0.143. The number of amides is 1. The van der Waals surface area contributed by atoms with E-state index >= 15 is 0 Å². The molecule has 0 aliphatic rings. The Morgan fingerprint density at radius 2 is 1.95 bits per heavy atom. The van der Waals surface area contributed by atoms with Gasteiger partial charge in [0, 0.05) is 0 Å². The molecule has 0 aliphatic heterocycles. The Morgan fingerprint density at radius 1 is 1.32 bits per heavy atom. The predicted molar refractivity (Wildman–Crippen MR) is 63.2 cm³/mol. The molecule has 0 fully saturated rings. The summed E-state index contributed by atoms with van der Waals surface area (Å²) >= 11 is 0. The number of aliphatic hydroxyl groups is 1. The first-order valence-electron chi connectivity index (χ1n) is 5.54. The van der Waals surface area contributed by atoms with Crippen LogP contribution in [0.5, 0.6) is 5.75 Å². The fourth-order valence-corrected chi connectivity index (χ4v) is 1.24. The van der Waals surface area contributed by atoms with Gasteiger partial charge in [0.15, 0.2) is 0 Å². The highest BCUT2D eigenvalue weighted by Gasteiger charge is 2.18. The Balaban J connectivity index is 2.30. The van der Waals surface area contributed by atoms with E-state index in [1.54, 1.807) is 0 Å². The number of carboxylic acids is 1. The lowest BCUT2D eigenvalue weighted by Crippen LogP contribution is -2.43. The highest BCUT2D eigenvalue weighted by atomic mass is 19.1. The van der Waals surface area contributed by atoms with Gasteiger partial charge in [-0.15, -0.1) is 0 Å². The highest BCUT2D eigenvalue weighted by Crippen LogP contribution is 2.11. The number of nitrogens with one attached hydrogen (secondary N) is 1. The van der Waals surface area contributed by atoms with Gasteiger partial charge in [-0.05, 0) is 24.3 Å². The third-order valence-corrected chi connectivity index (χ3v) is 2.23. The second-order valence-electron chi connectivity index (χ2n) is 3.69. The fourth-order valence-electron chi connectivity index (χ4n) is 1.24. The van der Waals surface area contributed by atoms with Gasteiger partial charge < -0.3 is 20.3 Å². The van der Waals surface area contributed by atoms with Crippen LogP contribution in [0.1, 0.15) is 6.42 Å². The minimum atomic E-state index is -1.32. The van der Waals surface area contributed by atoms with Crippen LogP contribution in [0.25, 0.3) is 0 Å².